The van der Waals surface area contributed by atoms with E-state index in [4.69, 9.17) is 9.97 Å². The van der Waals surface area contributed by atoms with Crippen LogP contribution in [-0.4, -0.2) is 14.5 Å². The first-order valence-corrected chi connectivity index (χ1v) is 8.68. The van der Waals surface area contributed by atoms with E-state index in [-0.39, 0.29) is 0 Å². The molecule has 0 saturated carbocycles. The number of imidazole rings is 1. The summed E-state index contributed by atoms with van der Waals surface area (Å²) in [5, 5.41) is 2.38. The minimum Gasteiger partial charge on any atom is -0.326 e. The van der Waals surface area contributed by atoms with E-state index in [2.05, 4.69) is 60.1 Å². The first-order chi connectivity index (χ1) is 12.8. The fourth-order valence-electron chi connectivity index (χ4n) is 3.48. The Bertz CT molecular complexity index is 1240. The highest BCUT2D eigenvalue weighted by Gasteiger charge is 2.13. The summed E-state index contributed by atoms with van der Waals surface area (Å²) in [6, 6.07) is 29.0. The number of pyridine rings is 1. The lowest BCUT2D eigenvalue weighted by Crippen LogP contribution is -1.95. The Morgan fingerprint density at radius 3 is 2.31 bits per heavy atom. The summed E-state index contributed by atoms with van der Waals surface area (Å²) in [5.74, 6) is 0.883. The molecule has 26 heavy (non-hydrogen) atoms. The predicted octanol–water partition coefficient (Wildman–Crippen LogP) is 5.46. The molecule has 3 aromatic carbocycles. The molecular weight excluding hydrogens is 318 g/mol. The second-order valence-corrected chi connectivity index (χ2v) is 6.42. The Morgan fingerprint density at radius 1 is 0.654 bits per heavy atom. The van der Waals surface area contributed by atoms with Crippen molar-refractivity contribution in [2.75, 3.05) is 0 Å². The van der Waals surface area contributed by atoms with E-state index in [1.54, 1.807) is 0 Å². The zero-order valence-corrected chi connectivity index (χ0v) is 14.4. The molecule has 5 aromatic rings. The van der Waals surface area contributed by atoms with E-state index in [0.717, 1.165) is 33.8 Å². The predicted molar refractivity (Wildman–Crippen MR) is 107 cm³/mol. The molecule has 3 heteroatoms. The molecular formula is C23H17N3. The van der Waals surface area contributed by atoms with Crippen molar-refractivity contribution in [2.45, 2.75) is 0 Å². The number of hydrogen-bond donors (Lipinski definition) is 0. The van der Waals surface area contributed by atoms with E-state index in [1.807, 2.05) is 36.4 Å². The summed E-state index contributed by atoms with van der Waals surface area (Å²) < 4.78 is 2.12. The smallest absolute Gasteiger partial charge is 0.159 e. The molecule has 0 aliphatic heterocycles. The normalized spacial score (nSPS) is 11.3. The summed E-state index contributed by atoms with van der Waals surface area (Å²) >= 11 is 0. The monoisotopic (exact) mass is 335 g/mol. The van der Waals surface area contributed by atoms with Gasteiger partial charge in [-0.05, 0) is 23.6 Å². The van der Waals surface area contributed by atoms with Crippen LogP contribution in [0.4, 0.5) is 0 Å². The van der Waals surface area contributed by atoms with Crippen LogP contribution in [0.5, 0.6) is 0 Å². The lowest BCUT2D eigenvalue weighted by molar-refractivity contribution is 0.951. The van der Waals surface area contributed by atoms with Crippen molar-refractivity contribution in [3.05, 3.63) is 84.9 Å². The number of aromatic nitrogens is 3. The lowest BCUT2D eigenvalue weighted by Gasteiger charge is -2.05. The molecule has 3 nitrogen and oxygen atoms in total. The number of aryl methyl sites for hydroxylation is 1. The van der Waals surface area contributed by atoms with Gasteiger partial charge in [-0.15, -0.1) is 0 Å². The van der Waals surface area contributed by atoms with Gasteiger partial charge >= 0.3 is 0 Å². The molecule has 2 aromatic heterocycles. The molecule has 0 N–H and O–H groups in total. The van der Waals surface area contributed by atoms with Gasteiger partial charge in [0.05, 0.1) is 16.7 Å². The molecule has 0 amide bonds. The Balaban J connectivity index is 1.72. The second kappa shape index (κ2) is 5.81. The van der Waals surface area contributed by atoms with Crippen LogP contribution < -0.4 is 0 Å². The second-order valence-electron chi connectivity index (χ2n) is 6.42. The van der Waals surface area contributed by atoms with Crippen molar-refractivity contribution in [2.24, 2.45) is 7.05 Å². The third kappa shape index (κ3) is 2.29. The van der Waals surface area contributed by atoms with Crippen LogP contribution in [0.3, 0.4) is 0 Å². The van der Waals surface area contributed by atoms with Gasteiger partial charge in [0.2, 0.25) is 0 Å². The van der Waals surface area contributed by atoms with Gasteiger partial charge in [0.1, 0.15) is 5.69 Å². The van der Waals surface area contributed by atoms with Crippen molar-refractivity contribution < 1.29 is 0 Å². The average Bonchev–Trinajstić information content (AvgIpc) is 3.06. The maximum Gasteiger partial charge on any atom is 0.159 e. The first-order valence-electron chi connectivity index (χ1n) is 8.68. The van der Waals surface area contributed by atoms with E-state index in [9.17, 15) is 0 Å². The largest absolute Gasteiger partial charge is 0.326 e. The van der Waals surface area contributed by atoms with Crippen molar-refractivity contribution in [3.8, 4) is 22.8 Å². The molecule has 0 bridgehead atoms. The summed E-state index contributed by atoms with van der Waals surface area (Å²) in [6.07, 6.45) is 0. The van der Waals surface area contributed by atoms with Gasteiger partial charge in [-0.2, -0.15) is 0 Å². The summed E-state index contributed by atoms with van der Waals surface area (Å²) in [6.45, 7) is 0. The fraction of sp³-hybridized carbons (Fsp3) is 0.0435. The molecule has 2 heterocycles. The third-order valence-electron chi connectivity index (χ3n) is 4.82. The van der Waals surface area contributed by atoms with Gasteiger partial charge in [-0.25, -0.2) is 9.97 Å². The standard InChI is InChI=1S/C23H17N3/c1-26-21-15-14-16-8-5-6-11-18(16)22(21)25-23(26)20-13-7-12-19(24-20)17-9-3-2-4-10-17/h2-15H,1H3. The number of hydrogen-bond acceptors (Lipinski definition) is 2. The molecule has 0 unspecified atom stereocenters. The zero-order valence-electron chi connectivity index (χ0n) is 14.4. The first kappa shape index (κ1) is 14.8. The molecule has 0 saturated heterocycles. The van der Waals surface area contributed by atoms with Crippen LogP contribution in [0.15, 0.2) is 84.9 Å². The molecule has 0 aliphatic carbocycles. The Hall–Kier alpha value is -3.46. The van der Waals surface area contributed by atoms with Gasteiger partial charge in [0, 0.05) is 18.0 Å². The Kier molecular flexibility index (Phi) is 3.32. The van der Waals surface area contributed by atoms with Gasteiger partial charge in [0.15, 0.2) is 5.82 Å². The van der Waals surface area contributed by atoms with Crippen LogP contribution in [0, 0.1) is 0 Å². The minimum absolute atomic E-state index is 0.883. The van der Waals surface area contributed by atoms with Crippen LogP contribution in [0.1, 0.15) is 0 Å². The molecule has 0 radical (unpaired) electrons. The quantitative estimate of drug-likeness (QED) is 0.429. The van der Waals surface area contributed by atoms with Crippen molar-refractivity contribution >= 4 is 21.8 Å². The lowest BCUT2D eigenvalue weighted by atomic mass is 10.1. The molecule has 0 fully saturated rings. The van der Waals surface area contributed by atoms with Gasteiger partial charge < -0.3 is 4.57 Å². The van der Waals surface area contributed by atoms with E-state index in [1.165, 1.54) is 10.8 Å². The fourth-order valence-corrected chi connectivity index (χ4v) is 3.48. The maximum absolute atomic E-state index is 4.95. The van der Waals surface area contributed by atoms with E-state index >= 15 is 0 Å². The SMILES string of the molecule is Cn1c(-c2cccc(-c3ccccc3)n2)nc2c3ccccc3ccc21. The topological polar surface area (TPSA) is 30.7 Å². The number of fused-ring (bicyclic) bond motifs is 3. The molecule has 5 rings (SSSR count). The molecule has 0 atom stereocenters. The highest BCUT2D eigenvalue weighted by atomic mass is 15.1. The van der Waals surface area contributed by atoms with E-state index < -0.39 is 0 Å². The highest BCUT2D eigenvalue weighted by Crippen LogP contribution is 2.29. The Labute approximate surface area is 151 Å². The summed E-state index contributed by atoms with van der Waals surface area (Å²) in [7, 11) is 2.05. The number of nitrogens with zero attached hydrogens (tertiary/aromatic N) is 3. The minimum atomic E-state index is 0.883. The van der Waals surface area contributed by atoms with Crippen LogP contribution in [0.2, 0.25) is 0 Å². The number of benzene rings is 3. The molecule has 0 aliphatic rings. The van der Waals surface area contributed by atoms with Gasteiger partial charge in [0.25, 0.3) is 0 Å². The average molecular weight is 335 g/mol. The Morgan fingerprint density at radius 2 is 1.42 bits per heavy atom. The van der Waals surface area contributed by atoms with Gasteiger partial charge in [-0.3, -0.25) is 0 Å². The van der Waals surface area contributed by atoms with Gasteiger partial charge in [-0.1, -0.05) is 66.7 Å². The third-order valence-corrected chi connectivity index (χ3v) is 4.82. The molecule has 124 valence electrons. The van der Waals surface area contributed by atoms with Crippen LogP contribution in [-0.2, 0) is 7.05 Å². The highest BCUT2D eigenvalue weighted by molar-refractivity contribution is 6.05. The van der Waals surface area contributed by atoms with E-state index in [0.29, 0.717) is 0 Å². The van der Waals surface area contributed by atoms with Crippen LogP contribution >= 0.6 is 0 Å². The van der Waals surface area contributed by atoms with Crippen LogP contribution in [0.25, 0.3) is 44.6 Å². The summed E-state index contributed by atoms with van der Waals surface area (Å²) in [5.41, 5.74) is 5.09. The van der Waals surface area contributed by atoms with Crippen molar-refractivity contribution in [3.63, 3.8) is 0 Å². The summed E-state index contributed by atoms with van der Waals surface area (Å²) in [4.78, 5) is 9.81. The number of rotatable bonds is 2. The van der Waals surface area contributed by atoms with Crippen molar-refractivity contribution in [1.82, 2.24) is 14.5 Å². The maximum atomic E-state index is 4.95. The van der Waals surface area contributed by atoms with Crippen molar-refractivity contribution in [1.29, 1.82) is 0 Å². The zero-order chi connectivity index (χ0) is 17.5. The molecule has 0 spiro atoms.